The highest BCUT2D eigenvalue weighted by atomic mass is 35.5. The van der Waals surface area contributed by atoms with Gasteiger partial charge < -0.3 is 19.7 Å². The highest BCUT2D eigenvalue weighted by molar-refractivity contribution is 6.28. The summed E-state index contributed by atoms with van der Waals surface area (Å²) in [7, 11) is 0. The molecule has 2 aromatic rings. The van der Waals surface area contributed by atoms with Crippen LogP contribution in [0.5, 0.6) is 0 Å². The molecule has 1 amide bonds. The second-order valence-electron chi connectivity index (χ2n) is 6.99. The molecule has 3 rings (SSSR count). The van der Waals surface area contributed by atoms with Crippen LogP contribution < -0.4 is 5.32 Å². The number of aliphatic hydroxyl groups excluding tert-OH is 1. The van der Waals surface area contributed by atoms with E-state index in [1.165, 1.54) is 12.8 Å². The van der Waals surface area contributed by atoms with Crippen molar-refractivity contribution in [3.8, 4) is 0 Å². The minimum Gasteiger partial charge on any atom is -0.394 e. The first-order valence-corrected chi connectivity index (χ1v) is 10.1. The molecule has 2 N–H and O–H groups in total. The molecule has 2 aromatic heterocycles. The van der Waals surface area contributed by atoms with Gasteiger partial charge in [-0.1, -0.05) is 32.6 Å². The number of nitrogens with zero attached hydrogens (tertiary/aromatic N) is 3. The molecule has 1 aliphatic rings. The van der Waals surface area contributed by atoms with Crippen molar-refractivity contribution in [1.82, 2.24) is 14.5 Å². The largest absolute Gasteiger partial charge is 0.394 e. The van der Waals surface area contributed by atoms with Gasteiger partial charge in [-0.25, -0.2) is 0 Å². The summed E-state index contributed by atoms with van der Waals surface area (Å²) in [6.07, 6.45) is 9.03. The Bertz CT molecular complexity index is 780. The van der Waals surface area contributed by atoms with E-state index in [0.29, 0.717) is 17.9 Å². The minimum absolute atomic E-state index is 0.00497. The molecule has 148 valence electrons. The molecule has 0 bridgehead atoms. The Hall–Kier alpha value is -1.70. The van der Waals surface area contributed by atoms with Gasteiger partial charge in [0.05, 0.1) is 18.1 Å². The lowest BCUT2D eigenvalue weighted by Crippen LogP contribution is -2.15. The van der Waals surface area contributed by atoms with Gasteiger partial charge in [-0.15, -0.1) is 0 Å². The smallest absolute Gasteiger partial charge is 0.226 e. The molecule has 3 heterocycles. The lowest BCUT2D eigenvalue weighted by molar-refractivity contribution is -0.116. The molecule has 1 saturated heterocycles. The molecule has 0 aliphatic carbocycles. The first-order chi connectivity index (χ1) is 13.1. The summed E-state index contributed by atoms with van der Waals surface area (Å²) < 4.78 is 7.72. The standard InChI is InChI=1S/C19H27ClN4O3/c1-2-3-4-5-6-7-15(26)21-17-14-10-11-24(18(14)23-19(20)22-17)16-9-8-13(12-25)27-16/h10-11,13,16,25H,2-9,12H2,1H3,(H,21,22,23,26). The number of halogens is 1. The van der Waals surface area contributed by atoms with Crippen LogP contribution in [0.2, 0.25) is 5.28 Å². The van der Waals surface area contributed by atoms with E-state index in [1.54, 1.807) is 0 Å². The van der Waals surface area contributed by atoms with Crippen LogP contribution in [-0.4, -0.2) is 38.3 Å². The van der Waals surface area contributed by atoms with E-state index in [0.717, 1.165) is 37.5 Å². The van der Waals surface area contributed by atoms with E-state index in [4.69, 9.17) is 16.3 Å². The van der Waals surface area contributed by atoms with Crippen LogP contribution in [-0.2, 0) is 9.53 Å². The molecule has 1 fully saturated rings. The number of anilines is 1. The molecule has 8 heteroatoms. The number of aromatic nitrogens is 3. The number of rotatable bonds is 9. The van der Waals surface area contributed by atoms with Gasteiger partial charge in [-0.3, -0.25) is 4.79 Å². The molecule has 0 saturated carbocycles. The van der Waals surface area contributed by atoms with Crippen molar-refractivity contribution in [2.45, 2.75) is 70.6 Å². The van der Waals surface area contributed by atoms with Gasteiger partial charge in [0.1, 0.15) is 17.7 Å². The maximum Gasteiger partial charge on any atom is 0.226 e. The summed E-state index contributed by atoms with van der Waals surface area (Å²) in [4.78, 5) is 20.8. The van der Waals surface area contributed by atoms with Crippen LogP contribution in [0.15, 0.2) is 12.3 Å². The van der Waals surface area contributed by atoms with E-state index >= 15 is 0 Å². The zero-order valence-electron chi connectivity index (χ0n) is 15.7. The number of carbonyl (C=O) groups is 1. The van der Waals surface area contributed by atoms with Crippen LogP contribution in [0.25, 0.3) is 11.0 Å². The van der Waals surface area contributed by atoms with Gasteiger partial charge >= 0.3 is 0 Å². The lowest BCUT2D eigenvalue weighted by atomic mass is 10.1. The topological polar surface area (TPSA) is 89.3 Å². The molecule has 2 atom stereocenters. The average molecular weight is 395 g/mol. The van der Waals surface area contributed by atoms with Gasteiger partial charge in [0, 0.05) is 12.6 Å². The molecule has 0 radical (unpaired) electrons. The third-order valence-corrected chi connectivity index (χ3v) is 5.08. The summed E-state index contributed by atoms with van der Waals surface area (Å²) in [6, 6.07) is 1.86. The number of ether oxygens (including phenoxy) is 1. The van der Waals surface area contributed by atoms with Crippen molar-refractivity contribution in [3.63, 3.8) is 0 Å². The van der Waals surface area contributed by atoms with E-state index in [1.807, 2.05) is 16.8 Å². The fourth-order valence-corrected chi connectivity index (χ4v) is 3.61. The second kappa shape index (κ2) is 9.48. The van der Waals surface area contributed by atoms with E-state index in [-0.39, 0.29) is 30.1 Å². The van der Waals surface area contributed by atoms with Crippen molar-refractivity contribution in [2.24, 2.45) is 0 Å². The van der Waals surface area contributed by atoms with Gasteiger partial charge in [-0.05, 0) is 36.9 Å². The van der Waals surface area contributed by atoms with Crippen LogP contribution >= 0.6 is 11.6 Å². The average Bonchev–Trinajstić information content (AvgIpc) is 3.27. The Morgan fingerprint density at radius 1 is 1.33 bits per heavy atom. The first kappa shape index (κ1) is 20.0. The zero-order chi connectivity index (χ0) is 19.2. The number of hydrogen-bond acceptors (Lipinski definition) is 5. The van der Waals surface area contributed by atoms with Crippen LogP contribution in [0, 0.1) is 0 Å². The number of fused-ring (bicyclic) bond motifs is 1. The number of amides is 1. The van der Waals surface area contributed by atoms with Gasteiger partial charge in [0.25, 0.3) is 0 Å². The maximum atomic E-state index is 12.3. The molecule has 27 heavy (non-hydrogen) atoms. The van der Waals surface area contributed by atoms with Gasteiger partial charge in [0.15, 0.2) is 0 Å². The van der Waals surface area contributed by atoms with Crippen molar-refractivity contribution >= 4 is 34.4 Å². The Morgan fingerprint density at radius 2 is 2.15 bits per heavy atom. The Kier molecular flexibility index (Phi) is 7.04. The summed E-state index contributed by atoms with van der Waals surface area (Å²) >= 11 is 6.09. The Labute approximate surface area is 164 Å². The summed E-state index contributed by atoms with van der Waals surface area (Å²) in [5.74, 6) is 0.367. The second-order valence-corrected chi connectivity index (χ2v) is 7.32. The van der Waals surface area contributed by atoms with E-state index < -0.39 is 0 Å². The molecule has 0 spiro atoms. The van der Waals surface area contributed by atoms with Crippen LogP contribution in [0.1, 0.15) is 64.5 Å². The van der Waals surface area contributed by atoms with Crippen molar-refractivity contribution in [3.05, 3.63) is 17.5 Å². The fourth-order valence-electron chi connectivity index (χ4n) is 3.44. The zero-order valence-corrected chi connectivity index (χ0v) is 16.4. The van der Waals surface area contributed by atoms with Gasteiger partial charge in [-0.2, -0.15) is 9.97 Å². The molecule has 1 aliphatic heterocycles. The number of nitrogens with one attached hydrogen (secondary N) is 1. The normalized spacial score (nSPS) is 19.7. The SMILES string of the molecule is CCCCCCCC(=O)Nc1nc(Cl)nc2c1ccn2C1CCC(CO)O1. The lowest BCUT2D eigenvalue weighted by Gasteiger charge is -2.15. The number of unbranched alkanes of at least 4 members (excludes halogenated alkanes) is 4. The predicted octanol–water partition coefficient (Wildman–Crippen LogP) is 4.05. The van der Waals surface area contributed by atoms with Crippen molar-refractivity contribution < 1.29 is 14.6 Å². The maximum absolute atomic E-state index is 12.3. The monoisotopic (exact) mass is 394 g/mol. The Morgan fingerprint density at radius 3 is 2.89 bits per heavy atom. The molecule has 0 aromatic carbocycles. The third kappa shape index (κ3) is 4.97. The molecule has 2 unspecified atom stereocenters. The molecular formula is C19H27ClN4O3. The fraction of sp³-hybridized carbons (Fsp3) is 0.632. The number of hydrogen-bond donors (Lipinski definition) is 2. The quantitative estimate of drug-likeness (QED) is 0.494. The summed E-state index contributed by atoms with van der Waals surface area (Å²) in [5, 5.41) is 13.0. The predicted molar refractivity (Wildman–Crippen MR) is 105 cm³/mol. The van der Waals surface area contributed by atoms with E-state index in [9.17, 15) is 9.90 Å². The number of carbonyl (C=O) groups excluding carboxylic acids is 1. The highest BCUT2D eigenvalue weighted by Crippen LogP contribution is 2.33. The summed E-state index contributed by atoms with van der Waals surface area (Å²) in [5.41, 5.74) is 0.622. The highest BCUT2D eigenvalue weighted by Gasteiger charge is 2.27. The molecular weight excluding hydrogens is 368 g/mol. The third-order valence-electron chi connectivity index (χ3n) is 4.91. The first-order valence-electron chi connectivity index (χ1n) is 9.72. The van der Waals surface area contributed by atoms with Gasteiger partial charge in [0.2, 0.25) is 11.2 Å². The minimum atomic E-state index is -0.201. The van der Waals surface area contributed by atoms with Crippen LogP contribution in [0.4, 0.5) is 5.82 Å². The molecule has 7 nitrogen and oxygen atoms in total. The van der Waals surface area contributed by atoms with Crippen molar-refractivity contribution in [2.75, 3.05) is 11.9 Å². The van der Waals surface area contributed by atoms with E-state index in [2.05, 4.69) is 22.2 Å². The number of aliphatic hydroxyl groups is 1. The van der Waals surface area contributed by atoms with Crippen molar-refractivity contribution in [1.29, 1.82) is 0 Å². The Balaban J connectivity index is 1.70. The van der Waals surface area contributed by atoms with Crippen LogP contribution in [0.3, 0.4) is 0 Å². The summed E-state index contributed by atoms with van der Waals surface area (Å²) in [6.45, 7) is 2.18.